The van der Waals surface area contributed by atoms with Crippen LogP contribution in [0.1, 0.15) is 24.5 Å². The Balaban J connectivity index is 2.74. The molecule has 0 aromatic heterocycles. The van der Waals surface area contributed by atoms with Crippen LogP contribution in [0.2, 0.25) is 0 Å². The van der Waals surface area contributed by atoms with E-state index in [1.807, 2.05) is 6.92 Å². The fourth-order valence-corrected chi connectivity index (χ4v) is 1.46. The predicted octanol–water partition coefficient (Wildman–Crippen LogP) is 3.51. The van der Waals surface area contributed by atoms with Gasteiger partial charge in [-0.15, -0.1) is 0 Å². The number of hydrogen-bond donors (Lipinski definition) is 0. The highest BCUT2D eigenvalue weighted by molar-refractivity contribution is 5.37. The normalized spacial score (nSPS) is 10.8. The Hall–Kier alpha value is -1.24. The summed E-state index contributed by atoms with van der Waals surface area (Å²) in [7, 11) is 1.73. The summed E-state index contributed by atoms with van der Waals surface area (Å²) < 4.78 is 5.33. The Bertz CT molecular complexity index is 313. The van der Waals surface area contributed by atoms with Crippen molar-refractivity contribution in [3.8, 4) is 5.75 Å². The number of benzene rings is 1. The summed E-state index contributed by atoms with van der Waals surface area (Å²) in [5, 5.41) is 0. The minimum Gasteiger partial charge on any atom is -0.496 e. The van der Waals surface area contributed by atoms with Crippen LogP contribution in [0.15, 0.2) is 30.4 Å². The zero-order valence-corrected chi connectivity index (χ0v) is 9.21. The second kappa shape index (κ2) is 5.48. The first-order valence-electron chi connectivity index (χ1n) is 5.02. The third kappa shape index (κ3) is 2.91. The van der Waals surface area contributed by atoms with Crippen molar-refractivity contribution in [2.75, 3.05) is 7.11 Å². The van der Waals surface area contributed by atoms with Gasteiger partial charge in [0, 0.05) is 0 Å². The van der Waals surface area contributed by atoms with Crippen molar-refractivity contribution >= 4 is 0 Å². The first-order valence-corrected chi connectivity index (χ1v) is 5.02. The summed E-state index contributed by atoms with van der Waals surface area (Å²) in [5.74, 6) is 1.01. The first kappa shape index (κ1) is 10.8. The minimum atomic E-state index is 1.01. The van der Waals surface area contributed by atoms with Crippen molar-refractivity contribution < 1.29 is 4.74 Å². The Morgan fingerprint density at radius 2 is 2.14 bits per heavy atom. The van der Waals surface area contributed by atoms with Gasteiger partial charge in [0.25, 0.3) is 0 Å². The van der Waals surface area contributed by atoms with Crippen LogP contribution < -0.4 is 4.74 Å². The Morgan fingerprint density at radius 3 is 2.79 bits per heavy atom. The lowest BCUT2D eigenvalue weighted by atomic mass is 10.1. The van der Waals surface area contributed by atoms with Crippen molar-refractivity contribution in [3.05, 3.63) is 41.5 Å². The van der Waals surface area contributed by atoms with E-state index < -0.39 is 0 Å². The fourth-order valence-electron chi connectivity index (χ4n) is 1.46. The standard InChI is InChI=1S/C13H18O/c1-4-5-6-7-12-9-8-11(2)10-13(12)14-3/h4-5,8-10H,6-7H2,1-3H3/b5-4-. The molecule has 0 fully saturated rings. The van der Waals surface area contributed by atoms with Gasteiger partial charge in [0.1, 0.15) is 5.75 Å². The van der Waals surface area contributed by atoms with Gasteiger partial charge in [0.2, 0.25) is 0 Å². The Kier molecular flexibility index (Phi) is 4.24. The van der Waals surface area contributed by atoms with Gasteiger partial charge in [-0.05, 0) is 43.9 Å². The number of rotatable bonds is 4. The van der Waals surface area contributed by atoms with E-state index in [0.29, 0.717) is 0 Å². The number of allylic oxidation sites excluding steroid dienone is 2. The molecule has 0 saturated carbocycles. The van der Waals surface area contributed by atoms with E-state index in [-0.39, 0.29) is 0 Å². The molecule has 1 aromatic rings. The van der Waals surface area contributed by atoms with Crippen molar-refractivity contribution in [2.24, 2.45) is 0 Å². The quantitative estimate of drug-likeness (QED) is 0.660. The van der Waals surface area contributed by atoms with Gasteiger partial charge in [-0.2, -0.15) is 0 Å². The van der Waals surface area contributed by atoms with Crippen LogP contribution >= 0.6 is 0 Å². The largest absolute Gasteiger partial charge is 0.496 e. The van der Waals surface area contributed by atoms with Crippen molar-refractivity contribution in [1.29, 1.82) is 0 Å². The molecule has 0 spiro atoms. The second-order valence-electron chi connectivity index (χ2n) is 3.42. The topological polar surface area (TPSA) is 9.23 Å². The summed E-state index contributed by atoms with van der Waals surface area (Å²) in [6.07, 6.45) is 6.39. The molecule has 0 aliphatic carbocycles. The third-order valence-corrected chi connectivity index (χ3v) is 2.26. The maximum atomic E-state index is 5.33. The van der Waals surface area contributed by atoms with Gasteiger partial charge in [-0.1, -0.05) is 24.3 Å². The summed E-state index contributed by atoms with van der Waals surface area (Å²) in [4.78, 5) is 0. The maximum absolute atomic E-state index is 5.33. The number of ether oxygens (including phenoxy) is 1. The molecular weight excluding hydrogens is 172 g/mol. The fraction of sp³-hybridized carbons (Fsp3) is 0.385. The van der Waals surface area contributed by atoms with Crippen LogP contribution in [0.25, 0.3) is 0 Å². The SMILES string of the molecule is C/C=C\CCc1ccc(C)cc1OC. The van der Waals surface area contributed by atoms with Gasteiger partial charge in [0.05, 0.1) is 7.11 Å². The lowest BCUT2D eigenvalue weighted by Crippen LogP contribution is -1.92. The van der Waals surface area contributed by atoms with Crippen molar-refractivity contribution in [3.63, 3.8) is 0 Å². The molecule has 1 rings (SSSR count). The van der Waals surface area contributed by atoms with Crippen LogP contribution in [-0.2, 0) is 6.42 Å². The Labute approximate surface area is 86.4 Å². The molecule has 1 aromatic carbocycles. The van der Waals surface area contributed by atoms with Crippen molar-refractivity contribution in [1.82, 2.24) is 0 Å². The van der Waals surface area contributed by atoms with E-state index in [1.165, 1.54) is 11.1 Å². The number of hydrogen-bond acceptors (Lipinski definition) is 1. The van der Waals surface area contributed by atoms with E-state index in [4.69, 9.17) is 4.74 Å². The van der Waals surface area contributed by atoms with Crippen LogP contribution in [-0.4, -0.2) is 7.11 Å². The number of methoxy groups -OCH3 is 1. The summed E-state index contributed by atoms with van der Waals surface area (Å²) in [5.41, 5.74) is 2.54. The minimum absolute atomic E-state index is 1.01. The average molecular weight is 190 g/mol. The lowest BCUT2D eigenvalue weighted by molar-refractivity contribution is 0.409. The zero-order chi connectivity index (χ0) is 10.4. The van der Waals surface area contributed by atoms with Crippen LogP contribution in [0.3, 0.4) is 0 Å². The molecule has 1 heteroatoms. The van der Waals surface area contributed by atoms with Crippen LogP contribution in [0, 0.1) is 6.92 Å². The smallest absolute Gasteiger partial charge is 0.122 e. The van der Waals surface area contributed by atoms with Gasteiger partial charge < -0.3 is 4.74 Å². The van der Waals surface area contributed by atoms with E-state index in [1.54, 1.807) is 7.11 Å². The van der Waals surface area contributed by atoms with E-state index in [0.717, 1.165) is 18.6 Å². The van der Waals surface area contributed by atoms with E-state index in [2.05, 4.69) is 37.3 Å². The maximum Gasteiger partial charge on any atom is 0.122 e. The number of aryl methyl sites for hydroxylation is 2. The molecule has 0 aliphatic rings. The van der Waals surface area contributed by atoms with Crippen LogP contribution in [0.5, 0.6) is 5.75 Å². The molecular formula is C13H18O. The average Bonchev–Trinajstić information content (AvgIpc) is 2.20. The summed E-state index contributed by atoms with van der Waals surface area (Å²) in [6.45, 7) is 4.13. The third-order valence-electron chi connectivity index (χ3n) is 2.26. The molecule has 0 aliphatic heterocycles. The first-order chi connectivity index (χ1) is 6.77. The van der Waals surface area contributed by atoms with Gasteiger partial charge in [-0.3, -0.25) is 0 Å². The van der Waals surface area contributed by atoms with Crippen LogP contribution in [0.4, 0.5) is 0 Å². The molecule has 0 heterocycles. The molecule has 0 bridgehead atoms. The predicted molar refractivity (Wildman–Crippen MR) is 60.9 cm³/mol. The molecule has 0 unspecified atom stereocenters. The van der Waals surface area contributed by atoms with Gasteiger partial charge in [-0.25, -0.2) is 0 Å². The van der Waals surface area contributed by atoms with E-state index >= 15 is 0 Å². The highest BCUT2D eigenvalue weighted by atomic mass is 16.5. The Morgan fingerprint density at radius 1 is 1.36 bits per heavy atom. The van der Waals surface area contributed by atoms with Crippen molar-refractivity contribution in [2.45, 2.75) is 26.7 Å². The summed E-state index contributed by atoms with van der Waals surface area (Å²) >= 11 is 0. The summed E-state index contributed by atoms with van der Waals surface area (Å²) in [6, 6.07) is 6.37. The highest BCUT2D eigenvalue weighted by Gasteiger charge is 2.01. The van der Waals surface area contributed by atoms with E-state index in [9.17, 15) is 0 Å². The van der Waals surface area contributed by atoms with Gasteiger partial charge >= 0.3 is 0 Å². The monoisotopic (exact) mass is 190 g/mol. The zero-order valence-electron chi connectivity index (χ0n) is 9.21. The second-order valence-corrected chi connectivity index (χ2v) is 3.42. The molecule has 1 nitrogen and oxygen atoms in total. The molecule has 14 heavy (non-hydrogen) atoms. The molecule has 0 N–H and O–H groups in total. The molecule has 0 amide bonds. The highest BCUT2D eigenvalue weighted by Crippen LogP contribution is 2.21. The molecule has 0 radical (unpaired) electrons. The molecule has 76 valence electrons. The molecule has 0 saturated heterocycles. The lowest BCUT2D eigenvalue weighted by Gasteiger charge is -2.07. The van der Waals surface area contributed by atoms with Gasteiger partial charge in [0.15, 0.2) is 0 Å². The molecule has 0 atom stereocenters.